The number of hydrogen-bond acceptors (Lipinski definition) is 3. The number of carbonyl (C=O) groups excluding carboxylic acids is 2. The predicted molar refractivity (Wildman–Crippen MR) is 107 cm³/mol. The molecule has 6 heteroatoms. The van der Waals surface area contributed by atoms with Crippen molar-refractivity contribution in [2.45, 2.75) is 91.4 Å². The first kappa shape index (κ1) is 22.2. The first-order chi connectivity index (χ1) is 12.3. The Bertz CT molecular complexity index is 573. The molecular weight excluding hydrogens is 328 g/mol. The molecule has 26 heavy (non-hydrogen) atoms. The highest BCUT2D eigenvalue weighted by atomic mass is 16.2. The van der Waals surface area contributed by atoms with E-state index in [0.29, 0.717) is 12.4 Å². The van der Waals surface area contributed by atoms with Gasteiger partial charge in [0.2, 0.25) is 5.91 Å². The maximum Gasteiger partial charge on any atom is 0.320 e. The molecule has 0 aliphatic heterocycles. The summed E-state index contributed by atoms with van der Waals surface area (Å²) >= 11 is 0. The van der Waals surface area contributed by atoms with E-state index in [1.54, 1.807) is 6.07 Å². The third kappa shape index (κ3) is 8.02. The summed E-state index contributed by atoms with van der Waals surface area (Å²) in [5.41, 5.74) is 0.580. The van der Waals surface area contributed by atoms with E-state index in [1.807, 2.05) is 20.8 Å². The van der Waals surface area contributed by atoms with E-state index < -0.39 is 0 Å². The first-order valence-electron chi connectivity index (χ1n) is 9.92. The van der Waals surface area contributed by atoms with Crippen LogP contribution in [0.1, 0.15) is 96.5 Å². The number of urea groups is 1. The number of anilines is 1. The highest BCUT2D eigenvalue weighted by Crippen LogP contribution is 2.23. The second kappa shape index (κ2) is 11.0. The molecule has 0 aliphatic carbocycles. The molecule has 6 nitrogen and oxygen atoms in total. The van der Waals surface area contributed by atoms with E-state index in [1.165, 1.54) is 50.1 Å². The van der Waals surface area contributed by atoms with Gasteiger partial charge in [-0.15, -0.1) is 0 Å². The number of carbonyl (C=O) groups is 2. The summed E-state index contributed by atoms with van der Waals surface area (Å²) in [5, 5.41) is 9.90. The molecule has 0 radical (unpaired) electrons. The van der Waals surface area contributed by atoms with Crippen LogP contribution in [-0.2, 0) is 5.41 Å². The monoisotopic (exact) mass is 364 g/mol. The molecule has 0 aliphatic rings. The van der Waals surface area contributed by atoms with Gasteiger partial charge >= 0.3 is 6.03 Å². The number of unbranched alkanes of at least 4 members (excludes halogenated alkanes) is 7. The second-order valence-electron chi connectivity index (χ2n) is 7.95. The summed E-state index contributed by atoms with van der Waals surface area (Å²) in [7, 11) is 0. The van der Waals surface area contributed by atoms with Crippen LogP contribution < -0.4 is 10.6 Å². The zero-order chi connectivity index (χ0) is 19.6. The van der Waals surface area contributed by atoms with E-state index >= 15 is 0 Å². The van der Waals surface area contributed by atoms with Crippen LogP contribution in [-0.4, -0.2) is 28.3 Å². The van der Waals surface area contributed by atoms with Gasteiger partial charge in [-0.05, 0) is 6.42 Å². The van der Waals surface area contributed by atoms with Crippen LogP contribution in [0.15, 0.2) is 6.07 Å². The van der Waals surface area contributed by atoms with Gasteiger partial charge in [-0.3, -0.25) is 10.1 Å². The Morgan fingerprint density at radius 1 is 1.04 bits per heavy atom. The van der Waals surface area contributed by atoms with Gasteiger partial charge in [-0.1, -0.05) is 72.6 Å². The molecule has 0 fully saturated rings. The Morgan fingerprint density at radius 2 is 1.62 bits per heavy atom. The average Bonchev–Trinajstić information content (AvgIpc) is 2.97. The highest BCUT2D eigenvalue weighted by molar-refractivity contribution is 5.91. The van der Waals surface area contributed by atoms with Crippen molar-refractivity contribution >= 4 is 17.8 Å². The van der Waals surface area contributed by atoms with Crippen molar-refractivity contribution in [2.75, 3.05) is 11.9 Å². The normalized spacial score (nSPS) is 11.4. The summed E-state index contributed by atoms with van der Waals surface area (Å²) in [6.45, 7) is 10.4. The number of aromatic nitrogens is 2. The second-order valence-corrected chi connectivity index (χ2v) is 7.95. The molecule has 0 atom stereocenters. The Kier molecular flexibility index (Phi) is 9.38. The van der Waals surface area contributed by atoms with Crippen molar-refractivity contribution < 1.29 is 9.59 Å². The van der Waals surface area contributed by atoms with Crippen LogP contribution in [0.5, 0.6) is 0 Å². The Morgan fingerprint density at radius 3 is 2.15 bits per heavy atom. The molecule has 148 valence electrons. The lowest BCUT2D eigenvalue weighted by Gasteiger charge is -2.13. The lowest BCUT2D eigenvalue weighted by Crippen LogP contribution is -2.31. The van der Waals surface area contributed by atoms with Crippen molar-refractivity contribution in [3.05, 3.63) is 11.8 Å². The largest absolute Gasteiger partial charge is 0.338 e. The molecule has 1 aromatic heterocycles. The quantitative estimate of drug-likeness (QED) is 0.567. The van der Waals surface area contributed by atoms with E-state index in [0.717, 1.165) is 18.5 Å². The molecule has 1 rings (SSSR count). The molecular formula is C20H36N4O2. The smallest absolute Gasteiger partial charge is 0.320 e. The molecule has 1 heterocycles. The zero-order valence-corrected chi connectivity index (χ0v) is 17.2. The summed E-state index contributed by atoms with van der Waals surface area (Å²) in [4.78, 5) is 23.8. The maximum absolute atomic E-state index is 12.1. The third-order valence-electron chi connectivity index (χ3n) is 4.33. The van der Waals surface area contributed by atoms with Crippen molar-refractivity contribution in [3.8, 4) is 0 Å². The van der Waals surface area contributed by atoms with Crippen LogP contribution in [0.3, 0.4) is 0 Å². The Hall–Kier alpha value is -1.85. The van der Waals surface area contributed by atoms with Gasteiger partial charge in [0.25, 0.3) is 0 Å². The topological polar surface area (TPSA) is 76.0 Å². The average molecular weight is 365 g/mol. The van der Waals surface area contributed by atoms with Crippen LogP contribution in [0.4, 0.5) is 10.6 Å². The van der Waals surface area contributed by atoms with Crippen molar-refractivity contribution in [1.82, 2.24) is 15.1 Å². The Labute approximate surface area is 158 Å². The minimum atomic E-state index is -0.296. The summed E-state index contributed by atoms with van der Waals surface area (Å²) in [6.07, 6.45) is 9.85. The predicted octanol–water partition coefficient (Wildman–Crippen LogP) is 5.10. The molecule has 0 saturated heterocycles. The number of rotatable bonds is 10. The van der Waals surface area contributed by atoms with Crippen molar-refractivity contribution in [1.29, 1.82) is 0 Å². The SMILES string of the molecule is CCCCCCCCCCNC(=O)Nc1cc(C(C)(C)C)nn1C(C)=O. The maximum atomic E-state index is 12.1. The fourth-order valence-corrected chi connectivity index (χ4v) is 2.70. The molecule has 1 aromatic rings. The highest BCUT2D eigenvalue weighted by Gasteiger charge is 2.22. The van der Waals surface area contributed by atoms with E-state index in [4.69, 9.17) is 0 Å². The molecule has 2 N–H and O–H groups in total. The molecule has 0 unspecified atom stereocenters. The standard InChI is InChI=1S/C20H36N4O2/c1-6-7-8-9-10-11-12-13-14-21-19(26)22-18-15-17(20(3,4)5)23-24(18)16(2)25/h15H,6-14H2,1-5H3,(H2,21,22,26). The molecule has 2 amide bonds. The first-order valence-corrected chi connectivity index (χ1v) is 9.92. The third-order valence-corrected chi connectivity index (χ3v) is 4.33. The molecule has 0 saturated carbocycles. The van der Waals surface area contributed by atoms with Crippen LogP contribution in [0.25, 0.3) is 0 Å². The zero-order valence-electron chi connectivity index (χ0n) is 17.2. The fraction of sp³-hybridized carbons (Fsp3) is 0.750. The van der Waals surface area contributed by atoms with Gasteiger partial charge in [0.15, 0.2) is 0 Å². The number of nitrogens with zero attached hydrogens (tertiary/aromatic N) is 2. The Balaban J connectivity index is 2.35. The number of nitrogens with one attached hydrogen (secondary N) is 2. The van der Waals surface area contributed by atoms with E-state index in [-0.39, 0.29) is 17.4 Å². The minimum Gasteiger partial charge on any atom is -0.338 e. The van der Waals surface area contributed by atoms with Gasteiger partial charge in [-0.25, -0.2) is 4.79 Å². The lowest BCUT2D eigenvalue weighted by molar-refractivity contribution is 0.0923. The van der Waals surface area contributed by atoms with Crippen molar-refractivity contribution in [3.63, 3.8) is 0 Å². The van der Waals surface area contributed by atoms with E-state index in [9.17, 15) is 9.59 Å². The lowest BCUT2D eigenvalue weighted by atomic mass is 9.92. The van der Waals surface area contributed by atoms with Crippen LogP contribution >= 0.6 is 0 Å². The molecule has 0 spiro atoms. The summed E-state index contributed by atoms with van der Waals surface area (Å²) < 4.78 is 1.25. The van der Waals surface area contributed by atoms with E-state index in [2.05, 4.69) is 22.7 Å². The van der Waals surface area contributed by atoms with Crippen LogP contribution in [0.2, 0.25) is 0 Å². The van der Waals surface area contributed by atoms with Gasteiger partial charge in [0.1, 0.15) is 5.82 Å². The van der Waals surface area contributed by atoms with Gasteiger partial charge in [-0.2, -0.15) is 9.78 Å². The summed E-state index contributed by atoms with van der Waals surface area (Å²) in [6, 6.07) is 1.47. The van der Waals surface area contributed by atoms with Gasteiger partial charge in [0.05, 0.1) is 5.69 Å². The summed E-state index contributed by atoms with van der Waals surface area (Å²) in [5.74, 6) is 0.190. The van der Waals surface area contributed by atoms with Crippen LogP contribution in [0, 0.1) is 0 Å². The minimum absolute atomic E-state index is 0.190. The van der Waals surface area contributed by atoms with Gasteiger partial charge in [0, 0.05) is 24.9 Å². The molecule has 0 bridgehead atoms. The number of hydrogen-bond donors (Lipinski definition) is 2. The molecule has 0 aromatic carbocycles. The fourth-order valence-electron chi connectivity index (χ4n) is 2.70. The van der Waals surface area contributed by atoms with Gasteiger partial charge < -0.3 is 5.32 Å². The van der Waals surface area contributed by atoms with Crippen molar-refractivity contribution in [2.24, 2.45) is 0 Å². The number of amides is 2.